The van der Waals surface area contributed by atoms with Crippen LogP contribution in [0.4, 0.5) is 11.8 Å². The lowest BCUT2D eigenvalue weighted by Gasteiger charge is -2.36. The van der Waals surface area contributed by atoms with Gasteiger partial charge in [-0.25, -0.2) is 19.9 Å². The third-order valence-corrected chi connectivity index (χ3v) is 4.92. The Bertz CT molecular complexity index is 705. The van der Waals surface area contributed by atoms with Gasteiger partial charge in [-0.3, -0.25) is 0 Å². The van der Waals surface area contributed by atoms with Gasteiger partial charge in [0.05, 0.1) is 0 Å². The molecule has 6 nitrogen and oxygen atoms in total. The van der Waals surface area contributed by atoms with E-state index < -0.39 is 0 Å². The van der Waals surface area contributed by atoms with Crippen LogP contribution in [0.1, 0.15) is 42.8 Å². The highest BCUT2D eigenvalue weighted by molar-refractivity contribution is 5.51. The molecule has 0 atom stereocenters. The van der Waals surface area contributed by atoms with Crippen molar-refractivity contribution in [3.8, 4) is 0 Å². The maximum atomic E-state index is 4.95. The Kier molecular flexibility index (Phi) is 4.04. The molecule has 1 saturated heterocycles. The average molecular weight is 324 g/mol. The molecule has 2 aromatic rings. The molecule has 24 heavy (non-hydrogen) atoms. The zero-order valence-corrected chi connectivity index (χ0v) is 14.4. The third-order valence-electron chi connectivity index (χ3n) is 4.92. The molecular weight excluding hydrogens is 300 g/mol. The topological polar surface area (TPSA) is 58.0 Å². The normalized spacial score (nSPS) is 18.1. The standard InChI is InChI=1S/C18H24N6/c1-3-15-13(2)21-16(14-5-6-14)22-17(15)23-9-11-24(12-10-23)18-19-7-4-8-20-18/h4,7-8,14H,3,5-6,9-12H2,1-2H3. The Morgan fingerprint density at radius 1 is 1.00 bits per heavy atom. The lowest BCUT2D eigenvalue weighted by molar-refractivity contribution is 0.628. The molecule has 3 heterocycles. The molecule has 4 rings (SSSR count). The molecule has 2 fully saturated rings. The van der Waals surface area contributed by atoms with Crippen LogP contribution in [-0.2, 0) is 6.42 Å². The minimum atomic E-state index is 0.590. The first-order valence-electron chi connectivity index (χ1n) is 8.90. The lowest BCUT2D eigenvalue weighted by Crippen LogP contribution is -2.47. The van der Waals surface area contributed by atoms with E-state index in [4.69, 9.17) is 9.97 Å². The van der Waals surface area contributed by atoms with Crippen LogP contribution >= 0.6 is 0 Å². The van der Waals surface area contributed by atoms with E-state index >= 15 is 0 Å². The van der Waals surface area contributed by atoms with E-state index in [2.05, 4.69) is 33.6 Å². The summed E-state index contributed by atoms with van der Waals surface area (Å²) in [6, 6.07) is 1.86. The monoisotopic (exact) mass is 324 g/mol. The van der Waals surface area contributed by atoms with Gasteiger partial charge < -0.3 is 9.80 Å². The molecule has 126 valence electrons. The fourth-order valence-electron chi connectivity index (χ4n) is 3.37. The first-order valence-corrected chi connectivity index (χ1v) is 8.90. The molecule has 1 aliphatic carbocycles. The van der Waals surface area contributed by atoms with E-state index in [9.17, 15) is 0 Å². The van der Waals surface area contributed by atoms with E-state index in [1.165, 1.54) is 18.4 Å². The quantitative estimate of drug-likeness (QED) is 0.860. The predicted molar refractivity (Wildman–Crippen MR) is 94.6 cm³/mol. The number of hydrogen-bond acceptors (Lipinski definition) is 6. The molecule has 0 aromatic carbocycles. The van der Waals surface area contributed by atoms with Gasteiger partial charge in [-0.05, 0) is 32.3 Å². The summed E-state index contributed by atoms with van der Waals surface area (Å²) >= 11 is 0. The van der Waals surface area contributed by atoms with Gasteiger partial charge in [0.25, 0.3) is 0 Å². The number of aryl methyl sites for hydroxylation is 1. The smallest absolute Gasteiger partial charge is 0.225 e. The zero-order valence-electron chi connectivity index (χ0n) is 14.4. The van der Waals surface area contributed by atoms with Crippen molar-refractivity contribution >= 4 is 11.8 Å². The largest absolute Gasteiger partial charge is 0.353 e. The van der Waals surface area contributed by atoms with Gasteiger partial charge in [0.1, 0.15) is 11.6 Å². The fourth-order valence-corrected chi connectivity index (χ4v) is 3.37. The minimum absolute atomic E-state index is 0.590. The number of piperazine rings is 1. The molecule has 0 unspecified atom stereocenters. The van der Waals surface area contributed by atoms with Gasteiger partial charge in [0, 0.05) is 55.7 Å². The van der Waals surface area contributed by atoms with Crippen LogP contribution in [0.25, 0.3) is 0 Å². The van der Waals surface area contributed by atoms with Crippen LogP contribution in [0.5, 0.6) is 0 Å². The Morgan fingerprint density at radius 2 is 1.67 bits per heavy atom. The van der Waals surface area contributed by atoms with Crippen molar-refractivity contribution in [2.75, 3.05) is 36.0 Å². The summed E-state index contributed by atoms with van der Waals surface area (Å²) in [5, 5.41) is 0. The average Bonchev–Trinajstić information content (AvgIpc) is 3.47. The van der Waals surface area contributed by atoms with Gasteiger partial charge in [-0.15, -0.1) is 0 Å². The highest BCUT2D eigenvalue weighted by atomic mass is 15.3. The van der Waals surface area contributed by atoms with Gasteiger partial charge >= 0.3 is 0 Å². The molecule has 2 aliphatic rings. The first kappa shape index (κ1) is 15.3. The van der Waals surface area contributed by atoms with E-state index in [1.54, 1.807) is 12.4 Å². The van der Waals surface area contributed by atoms with E-state index in [0.717, 1.165) is 55.9 Å². The molecule has 0 amide bonds. The molecule has 1 saturated carbocycles. The summed E-state index contributed by atoms with van der Waals surface area (Å²) in [4.78, 5) is 23.1. The molecule has 0 spiro atoms. The van der Waals surface area contributed by atoms with Crippen LogP contribution in [0, 0.1) is 6.92 Å². The Hall–Kier alpha value is -2.24. The maximum absolute atomic E-state index is 4.95. The predicted octanol–water partition coefficient (Wildman–Crippen LogP) is 2.34. The summed E-state index contributed by atoms with van der Waals surface area (Å²) < 4.78 is 0. The maximum Gasteiger partial charge on any atom is 0.225 e. The third kappa shape index (κ3) is 2.92. The van der Waals surface area contributed by atoms with Crippen LogP contribution in [0.3, 0.4) is 0 Å². The molecule has 2 aromatic heterocycles. The second-order valence-electron chi connectivity index (χ2n) is 6.62. The van der Waals surface area contributed by atoms with E-state index in [1.807, 2.05) is 6.07 Å². The highest BCUT2D eigenvalue weighted by Gasteiger charge is 2.29. The Labute approximate surface area is 143 Å². The zero-order chi connectivity index (χ0) is 16.5. The number of anilines is 2. The number of aromatic nitrogens is 4. The summed E-state index contributed by atoms with van der Waals surface area (Å²) in [6.45, 7) is 8.07. The fraction of sp³-hybridized carbons (Fsp3) is 0.556. The van der Waals surface area contributed by atoms with Gasteiger partial charge in [0.2, 0.25) is 5.95 Å². The minimum Gasteiger partial charge on any atom is -0.353 e. The lowest BCUT2D eigenvalue weighted by atomic mass is 10.1. The summed E-state index contributed by atoms with van der Waals surface area (Å²) in [6.07, 6.45) is 7.07. The number of nitrogens with zero attached hydrogens (tertiary/aromatic N) is 6. The van der Waals surface area contributed by atoms with Gasteiger partial charge in [0.15, 0.2) is 0 Å². The summed E-state index contributed by atoms with van der Waals surface area (Å²) in [7, 11) is 0. The number of hydrogen-bond donors (Lipinski definition) is 0. The van der Waals surface area contributed by atoms with Crippen molar-refractivity contribution in [1.82, 2.24) is 19.9 Å². The molecule has 0 bridgehead atoms. The SMILES string of the molecule is CCc1c(C)nc(C2CC2)nc1N1CCN(c2ncccn2)CC1. The second kappa shape index (κ2) is 6.34. The molecular formula is C18H24N6. The van der Waals surface area contributed by atoms with Crippen LogP contribution < -0.4 is 9.80 Å². The molecule has 0 radical (unpaired) electrons. The molecule has 1 aliphatic heterocycles. The number of rotatable bonds is 4. The van der Waals surface area contributed by atoms with E-state index in [0.29, 0.717) is 5.92 Å². The second-order valence-corrected chi connectivity index (χ2v) is 6.62. The van der Waals surface area contributed by atoms with Crippen molar-refractivity contribution in [2.45, 2.75) is 39.0 Å². The summed E-state index contributed by atoms with van der Waals surface area (Å²) in [5.74, 6) is 3.62. The van der Waals surface area contributed by atoms with Gasteiger partial charge in [-0.2, -0.15) is 0 Å². The van der Waals surface area contributed by atoms with Crippen LogP contribution in [-0.4, -0.2) is 46.1 Å². The summed E-state index contributed by atoms with van der Waals surface area (Å²) in [5.41, 5.74) is 2.45. The van der Waals surface area contributed by atoms with E-state index in [-0.39, 0.29) is 0 Å². The van der Waals surface area contributed by atoms with Crippen molar-refractivity contribution in [3.05, 3.63) is 35.5 Å². The van der Waals surface area contributed by atoms with Crippen molar-refractivity contribution < 1.29 is 0 Å². The Morgan fingerprint density at radius 3 is 2.29 bits per heavy atom. The van der Waals surface area contributed by atoms with Crippen molar-refractivity contribution in [1.29, 1.82) is 0 Å². The van der Waals surface area contributed by atoms with Crippen molar-refractivity contribution in [3.63, 3.8) is 0 Å². The molecule has 0 N–H and O–H groups in total. The van der Waals surface area contributed by atoms with Crippen LogP contribution in [0.2, 0.25) is 0 Å². The first-order chi connectivity index (χ1) is 11.8. The highest BCUT2D eigenvalue weighted by Crippen LogP contribution is 2.39. The van der Waals surface area contributed by atoms with Gasteiger partial charge in [-0.1, -0.05) is 6.92 Å². The molecule has 6 heteroatoms. The van der Waals surface area contributed by atoms with Crippen molar-refractivity contribution in [2.24, 2.45) is 0 Å². The Balaban J connectivity index is 1.54. The van der Waals surface area contributed by atoms with Crippen LogP contribution in [0.15, 0.2) is 18.5 Å².